The van der Waals surface area contributed by atoms with Crippen LogP contribution in [0.15, 0.2) is 113 Å². The monoisotopic (exact) mass is 508 g/mol. The molecule has 0 saturated heterocycles. The molecular formula is C29H21ClN4O3. The summed E-state index contributed by atoms with van der Waals surface area (Å²) < 4.78 is 6.86. The van der Waals surface area contributed by atoms with Crippen molar-refractivity contribution in [1.29, 1.82) is 0 Å². The lowest BCUT2D eigenvalue weighted by Gasteiger charge is -2.10. The lowest BCUT2D eigenvalue weighted by molar-refractivity contribution is -0.118. The Morgan fingerprint density at radius 3 is 2.41 bits per heavy atom. The molecule has 4 aromatic carbocycles. The first-order chi connectivity index (χ1) is 18.1. The van der Waals surface area contributed by atoms with Gasteiger partial charge in [0.15, 0.2) is 12.4 Å². The lowest BCUT2D eigenvalue weighted by atomic mass is 10.2. The quantitative estimate of drug-likeness (QED) is 0.289. The zero-order valence-electron chi connectivity index (χ0n) is 19.5. The first-order valence-corrected chi connectivity index (χ1v) is 11.8. The van der Waals surface area contributed by atoms with Crippen molar-refractivity contribution in [3.05, 3.63) is 124 Å². The summed E-state index contributed by atoms with van der Waals surface area (Å²) in [5.74, 6) is 0.483. The molecule has 0 aliphatic rings. The van der Waals surface area contributed by atoms with Crippen LogP contribution in [0.5, 0.6) is 5.75 Å². The second kappa shape index (κ2) is 10.9. The molecule has 1 amide bonds. The van der Waals surface area contributed by atoms with E-state index in [-0.39, 0.29) is 18.1 Å². The van der Waals surface area contributed by atoms with Crippen LogP contribution in [0.2, 0.25) is 5.02 Å². The summed E-state index contributed by atoms with van der Waals surface area (Å²) in [6, 6.07) is 30.7. The van der Waals surface area contributed by atoms with Gasteiger partial charge in [-0.05, 0) is 48.0 Å². The largest absolute Gasteiger partial charge is 0.482 e. The maximum Gasteiger partial charge on any atom is 0.282 e. The van der Waals surface area contributed by atoms with Gasteiger partial charge in [0.2, 0.25) is 0 Å². The summed E-state index contributed by atoms with van der Waals surface area (Å²) >= 11 is 6.39. The van der Waals surface area contributed by atoms with E-state index in [0.717, 1.165) is 5.56 Å². The third kappa shape index (κ3) is 5.58. The Kier molecular flexibility index (Phi) is 7.05. The molecular weight excluding hydrogens is 488 g/mol. The molecule has 0 aliphatic carbocycles. The number of carbonyl (C=O) groups is 1. The Labute approximate surface area is 217 Å². The topological polar surface area (TPSA) is 85.6 Å². The molecule has 1 N–H and O–H groups in total. The fraction of sp³-hybridized carbons (Fsp3) is 0.0345. The number of hydrogen-bond donors (Lipinski definition) is 1. The van der Waals surface area contributed by atoms with Gasteiger partial charge < -0.3 is 10.1 Å². The molecule has 0 spiro atoms. The molecule has 1 aromatic heterocycles. The first-order valence-electron chi connectivity index (χ1n) is 11.5. The first kappa shape index (κ1) is 24.0. The highest BCUT2D eigenvalue weighted by Gasteiger charge is 2.12. The van der Waals surface area contributed by atoms with Gasteiger partial charge in [0.25, 0.3) is 11.5 Å². The van der Waals surface area contributed by atoms with Crippen molar-refractivity contribution in [2.45, 2.75) is 0 Å². The molecule has 0 fully saturated rings. The molecule has 0 unspecified atom stereocenters. The number of ether oxygens (including phenoxy) is 1. The average Bonchev–Trinajstić information content (AvgIpc) is 2.93. The smallest absolute Gasteiger partial charge is 0.282 e. The summed E-state index contributed by atoms with van der Waals surface area (Å²) in [7, 11) is 0. The van der Waals surface area contributed by atoms with Gasteiger partial charge in [-0.3, -0.25) is 9.59 Å². The molecule has 5 aromatic rings. The number of para-hydroxylation sites is 2. The fourth-order valence-corrected chi connectivity index (χ4v) is 3.95. The molecule has 37 heavy (non-hydrogen) atoms. The Balaban J connectivity index is 1.38. The standard InChI is InChI=1S/C29H21ClN4O3/c30-24-17-20(15-16-26(24)37-19-27(35)32-22-11-5-2-6-12-22)18-31-34-28(21-9-3-1-4-10-21)33-25-14-8-7-13-23(25)29(34)36/h1-18H,19H2,(H,32,35). The molecule has 0 bridgehead atoms. The zero-order chi connectivity index (χ0) is 25.6. The number of halogens is 1. The maximum atomic E-state index is 13.3. The normalized spacial score (nSPS) is 11.1. The van der Waals surface area contributed by atoms with Crippen molar-refractivity contribution in [2.24, 2.45) is 5.10 Å². The van der Waals surface area contributed by atoms with E-state index < -0.39 is 0 Å². The van der Waals surface area contributed by atoms with Crippen molar-refractivity contribution < 1.29 is 9.53 Å². The van der Waals surface area contributed by atoms with E-state index in [1.54, 1.807) is 48.5 Å². The SMILES string of the molecule is O=C(COc1ccc(C=Nn2c(-c3ccccc3)nc3ccccc3c2=O)cc1Cl)Nc1ccccc1. The molecule has 0 radical (unpaired) electrons. The van der Waals surface area contributed by atoms with Crippen LogP contribution in [0.1, 0.15) is 5.56 Å². The second-order valence-electron chi connectivity index (χ2n) is 8.07. The zero-order valence-corrected chi connectivity index (χ0v) is 20.3. The minimum absolute atomic E-state index is 0.194. The Morgan fingerprint density at radius 1 is 0.946 bits per heavy atom. The highest BCUT2D eigenvalue weighted by molar-refractivity contribution is 6.32. The van der Waals surface area contributed by atoms with E-state index in [2.05, 4.69) is 15.4 Å². The maximum absolute atomic E-state index is 13.3. The van der Waals surface area contributed by atoms with Gasteiger partial charge in [0.05, 0.1) is 22.1 Å². The number of amides is 1. The number of aromatic nitrogens is 2. The minimum Gasteiger partial charge on any atom is -0.482 e. The Bertz CT molecular complexity index is 1650. The number of benzene rings is 4. The highest BCUT2D eigenvalue weighted by Crippen LogP contribution is 2.25. The van der Waals surface area contributed by atoms with Crippen LogP contribution in [-0.2, 0) is 4.79 Å². The number of nitrogens with one attached hydrogen (secondary N) is 1. The summed E-state index contributed by atoms with van der Waals surface area (Å²) in [4.78, 5) is 30.1. The van der Waals surface area contributed by atoms with Crippen molar-refractivity contribution in [1.82, 2.24) is 9.66 Å². The lowest BCUT2D eigenvalue weighted by Crippen LogP contribution is -2.20. The van der Waals surface area contributed by atoms with Gasteiger partial charge in [-0.25, -0.2) is 4.98 Å². The number of rotatable bonds is 7. The van der Waals surface area contributed by atoms with E-state index in [9.17, 15) is 9.59 Å². The predicted molar refractivity (Wildman–Crippen MR) is 146 cm³/mol. The summed E-state index contributed by atoms with van der Waals surface area (Å²) in [6.07, 6.45) is 1.53. The molecule has 0 atom stereocenters. The van der Waals surface area contributed by atoms with Crippen LogP contribution < -0.4 is 15.6 Å². The predicted octanol–water partition coefficient (Wildman–Crippen LogP) is 5.62. The van der Waals surface area contributed by atoms with Gasteiger partial charge in [-0.1, -0.05) is 72.3 Å². The van der Waals surface area contributed by atoms with E-state index in [1.165, 1.54) is 10.9 Å². The van der Waals surface area contributed by atoms with E-state index in [1.807, 2.05) is 54.6 Å². The average molecular weight is 509 g/mol. The van der Waals surface area contributed by atoms with Gasteiger partial charge >= 0.3 is 0 Å². The van der Waals surface area contributed by atoms with Crippen molar-refractivity contribution in [3.8, 4) is 17.1 Å². The Morgan fingerprint density at radius 2 is 1.65 bits per heavy atom. The molecule has 1 heterocycles. The molecule has 8 heteroatoms. The summed E-state index contributed by atoms with van der Waals surface area (Å²) in [5, 5.41) is 7.98. The minimum atomic E-state index is -0.301. The van der Waals surface area contributed by atoms with Gasteiger partial charge in [0.1, 0.15) is 5.75 Å². The number of nitrogens with zero attached hydrogens (tertiary/aromatic N) is 3. The van der Waals surface area contributed by atoms with Gasteiger partial charge in [-0.2, -0.15) is 9.78 Å². The third-order valence-electron chi connectivity index (χ3n) is 5.48. The van der Waals surface area contributed by atoms with Gasteiger partial charge in [-0.15, -0.1) is 0 Å². The van der Waals surface area contributed by atoms with Gasteiger partial charge in [0, 0.05) is 11.3 Å². The second-order valence-corrected chi connectivity index (χ2v) is 8.48. The third-order valence-corrected chi connectivity index (χ3v) is 5.78. The summed E-state index contributed by atoms with van der Waals surface area (Å²) in [6.45, 7) is -0.194. The molecule has 5 rings (SSSR count). The molecule has 7 nitrogen and oxygen atoms in total. The van der Waals surface area contributed by atoms with Crippen LogP contribution >= 0.6 is 11.6 Å². The van der Waals surface area contributed by atoms with Crippen molar-refractivity contribution in [2.75, 3.05) is 11.9 Å². The summed E-state index contributed by atoms with van der Waals surface area (Å²) in [5.41, 5.74) is 2.40. The van der Waals surface area contributed by atoms with E-state index in [4.69, 9.17) is 16.3 Å². The van der Waals surface area contributed by atoms with E-state index in [0.29, 0.717) is 38.8 Å². The van der Waals surface area contributed by atoms with Crippen LogP contribution in [0.3, 0.4) is 0 Å². The highest BCUT2D eigenvalue weighted by atomic mass is 35.5. The molecule has 182 valence electrons. The van der Waals surface area contributed by atoms with Crippen LogP contribution in [0, 0.1) is 0 Å². The van der Waals surface area contributed by atoms with Crippen LogP contribution in [0.4, 0.5) is 5.69 Å². The number of anilines is 1. The fourth-order valence-electron chi connectivity index (χ4n) is 3.71. The molecule has 0 saturated carbocycles. The van der Waals surface area contributed by atoms with Crippen molar-refractivity contribution >= 4 is 40.3 Å². The number of carbonyl (C=O) groups excluding carboxylic acids is 1. The van der Waals surface area contributed by atoms with Crippen LogP contribution in [-0.4, -0.2) is 28.4 Å². The van der Waals surface area contributed by atoms with Crippen LogP contribution in [0.25, 0.3) is 22.3 Å². The van der Waals surface area contributed by atoms with Crippen molar-refractivity contribution in [3.63, 3.8) is 0 Å². The number of fused-ring (bicyclic) bond motifs is 1. The number of hydrogen-bond acceptors (Lipinski definition) is 5. The Hall–Kier alpha value is -4.75. The van der Waals surface area contributed by atoms with E-state index >= 15 is 0 Å². The molecule has 0 aliphatic heterocycles.